The van der Waals surface area contributed by atoms with Gasteiger partial charge >= 0.3 is 0 Å². The van der Waals surface area contributed by atoms with E-state index < -0.39 is 0 Å². The molecule has 26 heavy (non-hydrogen) atoms. The molecule has 5 nitrogen and oxygen atoms in total. The van der Waals surface area contributed by atoms with Crippen LogP contribution in [0, 0.1) is 0 Å². The fourth-order valence-electron chi connectivity index (χ4n) is 2.24. The summed E-state index contributed by atoms with van der Waals surface area (Å²) in [5, 5.41) is 6.73. The number of nitrogens with one attached hydrogen (secondary N) is 2. The molecule has 3 aromatic rings. The Morgan fingerprint density at radius 2 is 1.69 bits per heavy atom. The molecule has 0 aliphatic heterocycles. The van der Waals surface area contributed by atoms with Gasteiger partial charge in [0.2, 0.25) is 0 Å². The molecule has 3 rings (SSSR count). The van der Waals surface area contributed by atoms with Crippen molar-refractivity contribution in [1.82, 2.24) is 4.98 Å². The predicted molar refractivity (Wildman–Crippen MR) is 105 cm³/mol. The van der Waals surface area contributed by atoms with Crippen LogP contribution in [0.25, 0.3) is 0 Å². The minimum atomic E-state index is -0.274. The number of carbonyl (C=O) groups excluding carboxylic acids is 1. The molecule has 1 amide bonds. The highest BCUT2D eigenvalue weighted by molar-refractivity contribution is 6.42. The Morgan fingerprint density at radius 3 is 2.38 bits per heavy atom. The topological polar surface area (TPSA) is 63.2 Å². The summed E-state index contributed by atoms with van der Waals surface area (Å²) in [6.45, 7) is 0. The summed E-state index contributed by atoms with van der Waals surface area (Å²) in [5.74, 6) is 1.04. The third-order valence-electron chi connectivity index (χ3n) is 3.56. The van der Waals surface area contributed by atoms with Crippen molar-refractivity contribution in [3.63, 3.8) is 0 Å². The van der Waals surface area contributed by atoms with Crippen LogP contribution in [0.4, 0.5) is 17.2 Å². The number of benzene rings is 2. The number of amides is 1. The van der Waals surface area contributed by atoms with Crippen molar-refractivity contribution in [3.05, 3.63) is 76.4 Å². The average Bonchev–Trinajstić information content (AvgIpc) is 2.65. The number of pyridine rings is 1. The number of halogens is 2. The van der Waals surface area contributed by atoms with E-state index in [1.165, 1.54) is 0 Å². The maximum Gasteiger partial charge on any atom is 0.255 e. The van der Waals surface area contributed by atoms with E-state index in [-0.39, 0.29) is 5.91 Å². The van der Waals surface area contributed by atoms with Gasteiger partial charge in [-0.2, -0.15) is 0 Å². The summed E-state index contributed by atoms with van der Waals surface area (Å²) in [4.78, 5) is 16.7. The van der Waals surface area contributed by atoms with Crippen LogP contribution in [0.5, 0.6) is 5.75 Å². The van der Waals surface area contributed by atoms with Gasteiger partial charge in [0.05, 0.1) is 17.2 Å². The SMILES string of the molecule is COc1ccc(Nc2cc(C(=O)Nc3ccc(Cl)c(Cl)c3)ccn2)cc1. The van der Waals surface area contributed by atoms with Crippen molar-refractivity contribution < 1.29 is 9.53 Å². The van der Waals surface area contributed by atoms with E-state index in [2.05, 4.69) is 15.6 Å². The Kier molecular flexibility index (Phi) is 5.61. The zero-order valence-electron chi connectivity index (χ0n) is 13.8. The number of nitrogens with zero attached hydrogens (tertiary/aromatic N) is 1. The molecule has 132 valence electrons. The number of methoxy groups -OCH3 is 1. The second kappa shape index (κ2) is 8.08. The number of carbonyl (C=O) groups is 1. The molecule has 2 aromatic carbocycles. The van der Waals surface area contributed by atoms with Crippen LogP contribution in [0.3, 0.4) is 0 Å². The van der Waals surface area contributed by atoms with E-state index in [9.17, 15) is 4.79 Å². The van der Waals surface area contributed by atoms with E-state index in [0.717, 1.165) is 11.4 Å². The molecular weight excluding hydrogens is 373 g/mol. The van der Waals surface area contributed by atoms with Crippen LogP contribution in [-0.4, -0.2) is 18.0 Å². The highest BCUT2D eigenvalue weighted by Crippen LogP contribution is 2.25. The molecule has 0 fully saturated rings. The van der Waals surface area contributed by atoms with Gasteiger partial charge in [-0.3, -0.25) is 4.79 Å². The third kappa shape index (κ3) is 4.45. The van der Waals surface area contributed by atoms with E-state index in [0.29, 0.717) is 27.1 Å². The average molecular weight is 388 g/mol. The molecular formula is C19H15Cl2N3O2. The molecule has 0 atom stereocenters. The number of ether oxygens (including phenoxy) is 1. The summed E-state index contributed by atoms with van der Waals surface area (Å²) in [6.07, 6.45) is 1.57. The summed E-state index contributed by atoms with van der Waals surface area (Å²) >= 11 is 11.9. The molecule has 0 bridgehead atoms. The van der Waals surface area contributed by atoms with E-state index in [1.54, 1.807) is 43.6 Å². The Labute approximate surface area is 160 Å². The zero-order chi connectivity index (χ0) is 18.5. The van der Waals surface area contributed by atoms with Gasteiger partial charge in [0, 0.05) is 23.1 Å². The summed E-state index contributed by atoms with van der Waals surface area (Å²) < 4.78 is 5.13. The van der Waals surface area contributed by atoms with Gasteiger partial charge in [0.1, 0.15) is 11.6 Å². The van der Waals surface area contributed by atoms with Crippen molar-refractivity contribution in [1.29, 1.82) is 0 Å². The standard InChI is InChI=1S/C19H15Cl2N3O2/c1-26-15-5-2-13(3-6-15)23-18-10-12(8-9-22-18)19(25)24-14-4-7-16(20)17(21)11-14/h2-11H,1H3,(H,22,23)(H,24,25). The van der Waals surface area contributed by atoms with Gasteiger partial charge in [0.15, 0.2) is 0 Å². The molecule has 0 aliphatic carbocycles. The fraction of sp³-hybridized carbons (Fsp3) is 0.0526. The quantitative estimate of drug-likeness (QED) is 0.615. The second-order valence-electron chi connectivity index (χ2n) is 5.37. The molecule has 0 spiro atoms. The van der Waals surface area contributed by atoms with Crippen LogP contribution in [0.15, 0.2) is 60.8 Å². The van der Waals surface area contributed by atoms with Gasteiger partial charge in [-0.15, -0.1) is 0 Å². The normalized spacial score (nSPS) is 10.3. The minimum Gasteiger partial charge on any atom is -0.497 e. The lowest BCUT2D eigenvalue weighted by Crippen LogP contribution is -2.12. The Bertz CT molecular complexity index is 930. The van der Waals surface area contributed by atoms with Crippen molar-refractivity contribution in [2.75, 3.05) is 17.7 Å². The highest BCUT2D eigenvalue weighted by atomic mass is 35.5. The van der Waals surface area contributed by atoms with Gasteiger partial charge < -0.3 is 15.4 Å². The molecule has 1 aromatic heterocycles. The van der Waals surface area contributed by atoms with Crippen LogP contribution in [-0.2, 0) is 0 Å². The lowest BCUT2D eigenvalue weighted by molar-refractivity contribution is 0.102. The number of hydrogen-bond donors (Lipinski definition) is 2. The largest absolute Gasteiger partial charge is 0.497 e. The van der Waals surface area contributed by atoms with Crippen molar-refractivity contribution in [3.8, 4) is 5.75 Å². The van der Waals surface area contributed by atoms with Crippen LogP contribution >= 0.6 is 23.2 Å². The lowest BCUT2D eigenvalue weighted by Gasteiger charge is -2.09. The predicted octanol–water partition coefficient (Wildman–Crippen LogP) is 5.39. The smallest absolute Gasteiger partial charge is 0.255 e. The third-order valence-corrected chi connectivity index (χ3v) is 4.30. The molecule has 0 unspecified atom stereocenters. The van der Waals surface area contributed by atoms with Crippen molar-refractivity contribution in [2.45, 2.75) is 0 Å². The summed E-state index contributed by atoms with van der Waals surface area (Å²) in [7, 11) is 1.61. The minimum absolute atomic E-state index is 0.274. The Hall–Kier alpha value is -2.76. The van der Waals surface area contributed by atoms with Gasteiger partial charge in [0.25, 0.3) is 5.91 Å². The lowest BCUT2D eigenvalue weighted by atomic mass is 10.2. The van der Waals surface area contributed by atoms with E-state index in [1.807, 2.05) is 24.3 Å². The number of anilines is 3. The first-order valence-corrected chi connectivity index (χ1v) is 8.44. The highest BCUT2D eigenvalue weighted by Gasteiger charge is 2.09. The van der Waals surface area contributed by atoms with Gasteiger partial charge in [-0.05, 0) is 54.6 Å². The van der Waals surface area contributed by atoms with Crippen LogP contribution in [0.2, 0.25) is 10.0 Å². The summed E-state index contributed by atoms with van der Waals surface area (Å²) in [5.41, 5.74) is 1.85. The molecule has 0 saturated carbocycles. The van der Waals surface area contributed by atoms with E-state index in [4.69, 9.17) is 27.9 Å². The van der Waals surface area contributed by atoms with Gasteiger partial charge in [-0.25, -0.2) is 4.98 Å². The first kappa shape index (κ1) is 18.0. The maximum absolute atomic E-state index is 12.4. The monoisotopic (exact) mass is 387 g/mol. The molecule has 1 heterocycles. The van der Waals surface area contributed by atoms with Crippen LogP contribution in [0.1, 0.15) is 10.4 Å². The number of aromatic nitrogens is 1. The molecule has 2 N–H and O–H groups in total. The number of hydrogen-bond acceptors (Lipinski definition) is 4. The van der Waals surface area contributed by atoms with Crippen LogP contribution < -0.4 is 15.4 Å². The van der Waals surface area contributed by atoms with E-state index >= 15 is 0 Å². The first-order chi connectivity index (χ1) is 12.5. The molecule has 7 heteroatoms. The number of rotatable bonds is 5. The fourth-order valence-corrected chi connectivity index (χ4v) is 2.54. The molecule has 0 radical (unpaired) electrons. The van der Waals surface area contributed by atoms with Gasteiger partial charge in [-0.1, -0.05) is 23.2 Å². The summed E-state index contributed by atoms with van der Waals surface area (Å²) in [6, 6.07) is 15.6. The Balaban J connectivity index is 1.73. The zero-order valence-corrected chi connectivity index (χ0v) is 15.3. The van der Waals surface area contributed by atoms with Crippen molar-refractivity contribution in [2.24, 2.45) is 0 Å². The van der Waals surface area contributed by atoms with Crippen molar-refractivity contribution >= 4 is 46.3 Å². The molecule has 0 aliphatic rings. The first-order valence-electron chi connectivity index (χ1n) is 7.69. The Morgan fingerprint density at radius 1 is 0.962 bits per heavy atom. The maximum atomic E-state index is 12.4. The second-order valence-corrected chi connectivity index (χ2v) is 6.18. The molecule has 0 saturated heterocycles.